The number of halogens is 2. The number of unbranched alkanes of at least 4 members (excludes halogenated alkanes) is 1. The summed E-state index contributed by atoms with van der Waals surface area (Å²) in [6, 6.07) is 9.53. The summed E-state index contributed by atoms with van der Waals surface area (Å²) < 4.78 is 14.6. The predicted molar refractivity (Wildman–Crippen MR) is 109 cm³/mol. The Bertz CT molecular complexity index is 768. The molecule has 4 atom stereocenters. The molecule has 0 nitrogen and oxygen atoms in total. The Morgan fingerprint density at radius 3 is 2.65 bits per heavy atom. The van der Waals surface area contributed by atoms with Crippen LogP contribution in [0.2, 0.25) is 5.02 Å². The summed E-state index contributed by atoms with van der Waals surface area (Å²) >= 11 is 6.03. The van der Waals surface area contributed by atoms with E-state index in [0.29, 0.717) is 16.3 Å². The molecule has 2 saturated carbocycles. The van der Waals surface area contributed by atoms with Crippen molar-refractivity contribution in [1.29, 1.82) is 0 Å². The Kier molecular flexibility index (Phi) is 5.55. The van der Waals surface area contributed by atoms with Gasteiger partial charge in [-0.05, 0) is 84.9 Å². The van der Waals surface area contributed by atoms with Crippen LogP contribution in [0.15, 0.2) is 30.3 Å². The lowest BCUT2D eigenvalue weighted by Crippen LogP contribution is -2.30. The molecule has 26 heavy (non-hydrogen) atoms. The van der Waals surface area contributed by atoms with Gasteiger partial charge in [0.05, 0.1) is 0 Å². The van der Waals surface area contributed by atoms with Crippen LogP contribution in [0.1, 0.15) is 76.2 Å². The number of hydrogen-bond acceptors (Lipinski definition) is 0. The Hall–Kier alpha value is -1.08. The third kappa shape index (κ3) is 3.79. The van der Waals surface area contributed by atoms with Crippen LogP contribution in [0, 0.1) is 23.6 Å². The van der Waals surface area contributed by atoms with Gasteiger partial charge in [0.1, 0.15) is 5.82 Å². The molecular weight excluding hydrogens is 343 g/mol. The molecule has 0 radical (unpaired) electrons. The van der Waals surface area contributed by atoms with Gasteiger partial charge in [0, 0.05) is 10.4 Å². The van der Waals surface area contributed by atoms with E-state index in [1.165, 1.54) is 63.4 Å². The van der Waals surface area contributed by atoms with E-state index in [2.05, 4.69) is 13.0 Å². The fraction of sp³-hybridized carbons (Fsp3) is 0.583. The average molecular weight is 373 g/mol. The van der Waals surface area contributed by atoms with Gasteiger partial charge < -0.3 is 0 Å². The summed E-state index contributed by atoms with van der Waals surface area (Å²) in [5.41, 5.74) is 1.20. The first-order chi connectivity index (χ1) is 12.6. The second-order valence-electron chi connectivity index (χ2n) is 8.72. The van der Waals surface area contributed by atoms with Crippen LogP contribution in [-0.4, -0.2) is 0 Å². The molecule has 0 N–H and O–H groups in total. The monoisotopic (exact) mass is 372 g/mol. The highest BCUT2D eigenvalue weighted by Gasteiger charge is 2.35. The second kappa shape index (κ2) is 7.89. The first kappa shape index (κ1) is 18.3. The molecule has 0 aromatic heterocycles. The Balaban J connectivity index is 1.48. The average Bonchev–Trinajstić information content (AvgIpc) is 2.66. The van der Waals surface area contributed by atoms with Crippen molar-refractivity contribution < 1.29 is 4.39 Å². The van der Waals surface area contributed by atoms with Crippen LogP contribution >= 0.6 is 11.6 Å². The van der Waals surface area contributed by atoms with E-state index in [1.54, 1.807) is 12.1 Å². The van der Waals surface area contributed by atoms with Gasteiger partial charge in [-0.25, -0.2) is 4.39 Å². The topological polar surface area (TPSA) is 0 Å². The Morgan fingerprint density at radius 1 is 1.00 bits per heavy atom. The summed E-state index contributed by atoms with van der Waals surface area (Å²) in [5.74, 6) is 3.15. The van der Waals surface area contributed by atoms with Crippen LogP contribution < -0.4 is 0 Å². The number of fused-ring (bicyclic) bond motifs is 2. The van der Waals surface area contributed by atoms with Gasteiger partial charge in [0.15, 0.2) is 0 Å². The highest BCUT2D eigenvalue weighted by Crippen LogP contribution is 2.48. The number of benzene rings is 2. The lowest BCUT2D eigenvalue weighted by atomic mass is 9.63. The van der Waals surface area contributed by atoms with E-state index in [-0.39, 0.29) is 5.82 Å². The number of hydrogen-bond donors (Lipinski definition) is 0. The standard InChI is InChI=1S/C24H30ClF/c1-2-3-4-16-5-6-18-12-19(8-7-17(18)11-16)21-13-20-9-10-22(25)15-23(20)24(26)14-21/h9-10,13-19H,2-8,11-12H2,1H3. The summed E-state index contributed by atoms with van der Waals surface area (Å²) in [6.07, 6.45) is 12.2. The van der Waals surface area contributed by atoms with Gasteiger partial charge in [-0.2, -0.15) is 0 Å². The maximum atomic E-state index is 14.6. The molecule has 4 rings (SSSR count). The summed E-state index contributed by atoms with van der Waals surface area (Å²) in [4.78, 5) is 0. The second-order valence-corrected chi connectivity index (χ2v) is 9.16. The molecule has 4 unspecified atom stereocenters. The maximum absolute atomic E-state index is 14.6. The highest BCUT2D eigenvalue weighted by atomic mass is 35.5. The predicted octanol–water partition coefficient (Wildman–Crippen LogP) is 8.12. The third-order valence-electron chi connectivity index (χ3n) is 7.05. The molecule has 0 heterocycles. The molecule has 0 amide bonds. The fourth-order valence-electron chi connectivity index (χ4n) is 5.59. The first-order valence-electron chi connectivity index (χ1n) is 10.5. The van der Waals surface area contributed by atoms with E-state index < -0.39 is 0 Å². The molecular formula is C24H30ClF. The van der Waals surface area contributed by atoms with Crippen LogP contribution in [0.3, 0.4) is 0 Å². The van der Waals surface area contributed by atoms with E-state index in [4.69, 9.17) is 11.6 Å². The molecule has 2 aliphatic carbocycles. The van der Waals surface area contributed by atoms with E-state index in [0.717, 1.165) is 23.1 Å². The molecule has 2 heteroatoms. The normalized spacial score (nSPS) is 28.9. The van der Waals surface area contributed by atoms with Crippen LogP contribution in [0.25, 0.3) is 10.8 Å². The van der Waals surface area contributed by atoms with Crippen molar-refractivity contribution in [1.82, 2.24) is 0 Å². The van der Waals surface area contributed by atoms with Crippen molar-refractivity contribution in [2.24, 2.45) is 17.8 Å². The Morgan fingerprint density at radius 2 is 1.81 bits per heavy atom. The minimum Gasteiger partial charge on any atom is -0.206 e. The molecule has 0 aliphatic heterocycles. The molecule has 2 aliphatic rings. The van der Waals surface area contributed by atoms with Crippen LogP contribution in [0.4, 0.5) is 4.39 Å². The van der Waals surface area contributed by atoms with Crippen LogP contribution in [0.5, 0.6) is 0 Å². The largest absolute Gasteiger partial charge is 0.206 e. The molecule has 2 aromatic rings. The third-order valence-corrected chi connectivity index (χ3v) is 7.28. The zero-order chi connectivity index (χ0) is 18.1. The van der Waals surface area contributed by atoms with Crippen molar-refractivity contribution in [2.75, 3.05) is 0 Å². The zero-order valence-electron chi connectivity index (χ0n) is 15.8. The van der Waals surface area contributed by atoms with Gasteiger partial charge in [-0.3, -0.25) is 0 Å². The molecule has 140 valence electrons. The van der Waals surface area contributed by atoms with Gasteiger partial charge in [0.25, 0.3) is 0 Å². The van der Waals surface area contributed by atoms with Crippen molar-refractivity contribution in [2.45, 2.75) is 70.6 Å². The van der Waals surface area contributed by atoms with Crippen molar-refractivity contribution in [3.8, 4) is 0 Å². The molecule has 0 bridgehead atoms. The highest BCUT2D eigenvalue weighted by molar-refractivity contribution is 6.31. The van der Waals surface area contributed by atoms with Crippen LogP contribution in [-0.2, 0) is 0 Å². The lowest BCUT2D eigenvalue weighted by Gasteiger charge is -2.42. The minimum absolute atomic E-state index is 0.120. The summed E-state index contributed by atoms with van der Waals surface area (Å²) in [5, 5.41) is 2.23. The van der Waals surface area contributed by atoms with Gasteiger partial charge in [-0.1, -0.05) is 56.3 Å². The quantitative estimate of drug-likeness (QED) is 0.508. The minimum atomic E-state index is -0.120. The smallest absolute Gasteiger partial charge is 0.131 e. The summed E-state index contributed by atoms with van der Waals surface area (Å²) in [6.45, 7) is 2.30. The molecule has 2 fully saturated rings. The van der Waals surface area contributed by atoms with Gasteiger partial charge in [0.2, 0.25) is 0 Å². The lowest BCUT2D eigenvalue weighted by molar-refractivity contribution is 0.113. The first-order valence-corrected chi connectivity index (χ1v) is 10.9. The van der Waals surface area contributed by atoms with E-state index >= 15 is 0 Å². The van der Waals surface area contributed by atoms with Gasteiger partial charge in [-0.15, -0.1) is 0 Å². The Labute approximate surface area is 162 Å². The molecule has 2 aromatic carbocycles. The van der Waals surface area contributed by atoms with E-state index in [9.17, 15) is 4.39 Å². The zero-order valence-corrected chi connectivity index (χ0v) is 16.6. The SMILES string of the molecule is CCCCC1CCC2CC(c3cc(F)c4cc(Cl)ccc4c3)CCC2C1. The van der Waals surface area contributed by atoms with Crippen molar-refractivity contribution in [3.05, 3.63) is 46.7 Å². The van der Waals surface area contributed by atoms with Crippen molar-refractivity contribution >= 4 is 22.4 Å². The van der Waals surface area contributed by atoms with Gasteiger partial charge >= 0.3 is 0 Å². The van der Waals surface area contributed by atoms with E-state index in [1.807, 2.05) is 12.1 Å². The summed E-state index contributed by atoms with van der Waals surface area (Å²) in [7, 11) is 0. The van der Waals surface area contributed by atoms with Crippen molar-refractivity contribution in [3.63, 3.8) is 0 Å². The molecule has 0 saturated heterocycles. The maximum Gasteiger partial charge on any atom is 0.131 e. The number of rotatable bonds is 4. The fourth-order valence-corrected chi connectivity index (χ4v) is 5.76. The molecule has 0 spiro atoms.